The number of rotatable bonds is 4. The Morgan fingerprint density at radius 2 is 2.40 bits per heavy atom. The Bertz CT molecular complexity index is 602. The van der Waals surface area contributed by atoms with Crippen LogP contribution in [0, 0.1) is 6.92 Å². The van der Waals surface area contributed by atoms with Crippen molar-refractivity contribution >= 4 is 23.4 Å². The van der Waals surface area contributed by atoms with Gasteiger partial charge in [-0.05, 0) is 42.9 Å². The highest BCUT2D eigenvalue weighted by Gasteiger charge is 2.20. The zero-order valence-electron chi connectivity index (χ0n) is 11.2. The summed E-state index contributed by atoms with van der Waals surface area (Å²) in [4.78, 5) is 5.53. The lowest BCUT2D eigenvalue weighted by atomic mass is 10.0. The van der Waals surface area contributed by atoms with Crippen molar-refractivity contribution in [3.05, 3.63) is 40.5 Å². The Morgan fingerprint density at radius 3 is 3.20 bits per heavy atom. The summed E-state index contributed by atoms with van der Waals surface area (Å²) < 4.78 is 5.12. The van der Waals surface area contributed by atoms with E-state index in [2.05, 4.69) is 27.6 Å². The van der Waals surface area contributed by atoms with Gasteiger partial charge < -0.3 is 9.84 Å². The van der Waals surface area contributed by atoms with Crippen LogP contribution in [0.4, 0.5) is 0 Å². The maximum absolute atomic E-state index is 6.10. The number of halogens is 1. The SMILES string of the molecule is Cc1noc(CCNC2CCSc3ccc(Cl)cc32)n1. The van der Waals surface area contributed by atoms with E-state index in [0.29, 0.717) is 17.8 Å². The minimum Gasteiger partial charge on any atom is -0.339 e. The molecule has 0 saturated heterocycles. The summed E-state index contributed by atoms with van der Waals surface area (Å²) in [7, 11) is 0. The van der Waals surface area contributed by atoms with Gasteiger partial charge in [0.05, 0.1) is 0 Å². The first-order valence-corrected chi connectivity index (χ1v) is 8.03. The molecule has 0 bridgehead atoms. The summed E-state index contributed by atoms with van der Waals surface area (Å²) in [6, 6.07) is 6.49. The highest BCUT2D eigenvalue weighted by atomic mass is 35.5. The zero-order chi connectivity index (χ0) is 13.9. The second-order valence-electron chi connectivity index (χ2n) is 4.81. The molecule has 2 aromatic rings. The summed E-state index contributed by atoms with van der Waals surface area (Å²) in [5.74, 6) is 2.50. The first kappa shape index (κ1) is 13.9. The molecule has 0 radical (unpaired) electrons. The van der Waals surface area contributed by atoms with Gasteiger partial charge in [-0.1, -0.05) is 16.8 Å². The van der Waals surface area contributed by atoms with Crippen LogP contribution in [0.5, 0.6) is 0 Å². The number of nitrogens with one attached hydrogen (secondary N) is 1. The zero-order valence-corrected chi connectivity index (χ0v) is 12.8. The van der Waals surface area contributed by atoms with Crippen LogP contribution in [0.1, 0.15) is 29.7 Å². The average molecular weight is 310 g/mol. The summed E-state index contributed by atoms with van der Waals surface area (Å²) in [6.45, 7) is 2.65. The lowest BCUT2D eigenvalue weighted by Gasteiger charge is -2.26. The predicted molar refractivity (Wildman–Crippen MR) is 80.3 cm³/mol. The monoisotopic (exact) mass is 309 g/mol. The van der Waals surface area contributed by atoms with Gasteiger partial charge in [-0.25, -0.2) is 0 Å². The highest BCUT2D eigenvalue weighted by molar-refractivity contribution is 7.99. The van der Waals surface area contributed by atoms with Gasteiger partial charge in [0.15, 0.2) is 5.82 Å². The average Bonchev–Trinajstić information content (AvgIpc) is 2.85. The van der Waals surface area contributed by atoms with Crippen LogP contribution >= 0.6 is 23.4 Å². The molecule has 1 aliphatic rings. The van der Waals surface area contributed by atoms with Gasteiger partial charge in [-0.3, -0.25) is 0 Å². The van der Waals surface area contributed by atoms with Crippen LogP contribution in [0.2, 0.25) is 5.02 Å². The number of aryl methyl sites for hydroxylation is 1. The molecular weight excluding hydrogens is 294 g/mol. The predicted octanol–water partition coefficient (Wildman–Crippen LogP) is 3.40. The third-order valence-corrected chi connectivity index (χ3v) is 4.67. The Morgan fingerprint density at radius 1 is 1.50 bits per heavy atom. The molecule has 1 atom stereocenters. The molecule has 0 spiro atoms. The Balaban J connectivity index is 1.63. The number of hydrogen-bond donors (Lipinski definition) is 1. The molecule has 4 nitrogen and oxygen atoms in total. The molecule has 0 fully saturated rings. The van der Waals surface area contributed by atoms with Crippen LogP contribution in [0.25, 0.3) is 0 Å². The van der Waals surface area contributed by atoms with E-state index in [0.717, 1.165) is 30.2 Å². The number of aromatic nitrogens is 2. The Hall–Kier alpha value is -1.04. The molecular formula is C14H16ClN3OS. The van der Waals surface area contributed by atoms with Gasteiger partial charge in [-0.2, -0.15) is 4.98 Å². The van der Waals surface area contributed by atoms with Crippen molar-refractivity contribution in [2.75, 3.05) is 12.3 Å². The third-order valence-electron chi connectivity index (χ3n) is 3.31. The van der Waals surface area contributed by atoms with Crippen LogP contribution < -0.4 is 5.32 Å². The van der Waals surface area contributed by atoms with Crippen molar-refractivity contribution in [1.82, 2.24) is 15.5 Å². The minimum absolute atomic E-state index is 0.356. The highest BCUT2D eigenvalue weighted by Crippen LogP contribution is 2.37. The van der Waals surface area contributed by atoms with Gasteiger partial charge >= 0.3 is 0 Å². The fourth-order valence-corrected chi connectivity index (χ4v) is 3.66. The summed E-state index contributed by atoms with van der Waals surface area (Å²) in [6.07, 6.45) is 1.86. The Labute approximate surface area is 127 Å². The van der Waals surface area contributed by atoms with Crippen LogP contribution in [-0.2, 0) is 6.42 Å². The maximum Gasteiger partial charge on any atom is 0.227 e. The summed E-state index contributed by atoms with van der Waals surface area (Å²) >= 11 is 8.00. The van der Waals surface area contributed by atoms with Gasteiger partial charge in [0, 0.05) is 28.9 Å². The molecule has 2 heterocycles. The smallest absolute Gasteiger partial charge is 0.227 e. The number of fused-ring (bicyclic) bond motifs is 1. The van der Waals surface area contributed by atoms with Gasteiger partial charge in [0.1, 0.15) is 0 Å². The van der Waals surface area contributed by atoms with Gasteiger partial charge in [0.25, 0.3) is 0 Å². The van der Waals surface area contributed by atoms with E-state index >= 15 is 0 Å². The molecule has 1 N–H and O–H groups in total. The second kappa shape index (κ2) is 6.16. The van der Waals surface area contributed by atoms with Gasteiger partial charge in [0.2, 0.25) is 5.89 Å². The Kier molecular flexibility index (Phi) is 4.29. The van der Waals surface area contributed by atoms with E-state index in [4.69, 9.17) is 16.1 Å². The molecule has 1 aliphatic heterocycles. The molecule has 106 valence electrons. The van der Waals surface area contributed by atoms with Crippen molar-refractivity contribution in [3.63, 3.8) is 0 Å². The fraction of sp³-hybridized carbons (Fsp3) is 0.429. The minimum atomic E-state index is 0.356. The lowest BCUT2D eigenvalue weighted by molar-refractivity contribution is 0.368. The van der Waals surface area contributed by atoms with E-state index < -0.39 is 0 Å². The van der Waals surface area contributed by atoms with Crippen molar-refractivity contribution in [3.8, 4) is 0 Å². The first-order chi connectivity index (χ1) is 9.72. The number of thioether (sulfide) groups is 1. The molecule has 0 aliphatic carbocycles. The fourth-order valence-electron chi connectivity index (χ4n) is 2.37. The topological polar surface area (TPSA) is 51.0 Å². The first-order valence-electron chi connectivity index (χ1n) is 6.67. The normalized spacial score (nSPS) is 18.0. The molecule has 3 rings (SSSR count). The van der Waals surface area contributed by atoms with E-state index in [9.17, 15) is 0 Å². The molecule has 1 aromatic heterocycles. The summed E-state index contributed by atoms with van der Waals surface area (Å²) in [5.41, 5.74) is 1.30. The van der Waals surface area contributed by atoms with Gasteiger partial charge in [-0.15, -0.1) is 11.8 Å². The second-order valence-corrected chi connectivity index (χ2v) is 6.38. The molecule has 6 heteroatoms. The molecule has 0 amide bonds. The molecule has 1 aromatic carbocycles. The van der Waals surface area contributed by atoms with E-state index in [-0.39, 0.29) is 0 Å². The largest absolute Gasteiger partial charge is 0.339 e. The maximum atomic E-state index is 6.10. The summed E-state index contributed by atoms with van der Waals surface area (Å²) in [5, 5.41) is 8.15. The van der Waals surface area contributed by atoms with Crippen LogP contribution in [-0.4, -0.2) is 22.4 Å². The molecule has 0 saturated carbocycles. The molecule has 20 heavy (non-hydrogen) atoms. The number of benzene rings is 1. The number of nitrogens with zero attached hydrogens (tertiary/aromatic N) is 2. The van der Waals surface area contributed by atoms with Crippen molar-refractivity contribution in [2.45, 2.75) is 30.7 Å². The van der Waals surface area contributed by atoms with Crippen molar-refractivity contribution in [2.24, 2.45) is 0 Å². The van der Waals surface area contributed by atoms with Crippen LogP contribution in [0.3, 0.4) is 0 Å². The standard InChI is InChI=1S/C14H16ClN3OS/c1-9-17-14(19-18-9)4-6-16-12-5-7-20-13-3-2-10(15)8-11(12)13/h2-3,8,12,16H,4-7H2,1H3. The lowest BCUT2D eigenvalue weighted by Crippen LogP contribution is -2.26. The number of hydrogen-bond acceptors (Lipinski definition) is 5. The third kappa shape index (κ3) is 3.16. The van der Waals surface area contributed by atoms with Crippen LogP contribution in [0.15, 0.2) is 27.6 Å². The van der Waals surface area contributed by atoms with E-state index in [1.807, 2.05) is 24.8 Å². The quantitative estimate of drug-likeness (QED) is 0.938. The van der Waals surface area contributed by atoms with E-state index in [1.165, 1.54) is 10.5 Å². The van der Waals surface area contributed by atoms with Crippen molar-refractivity contribution in [1.29, 1.82) is 0 Å². The van der Waals surface area contributed by atoms with Crippen molar-refractivity contribution < 1.29 is 4.52 Å². The van der Waals surface area contributed by atoms with E-state index in [1.54, 1.807) is 0 Å². The molecule has 1 unspecified atom stereocenters.